The van der Waals surface area contributed by atoms with Gasteiger partial charge in [0.25, 0.3) is 0 Å². The van der Waals surface area contributed by atoms with Gasteiger partial charge in [0.05, 0.1) is 57.3 Å². The summed E-state index contributed by atoms with van der Waals surface area (Å²) in [5, 5.41) is 3.84. The lowest BCUT2D eigenvalue weighted by molar-refractivity contribution is -0.147. The fraction of sp³-hybridized carbons (Fsp3) is 0.533. The molecule has 0 bridgehead atoms. The van der Waals surface area contributed by atoms with Crippen LogP contribution in [-0.2, 0) is 39.1 Å². The van der Waals surface area contributed by atoms with Gasteiger partial charge >= 0.3 is 11.9 Å². The molecule has 0 saturated heterocycles. The van der Waals surface area contributed by atoms with Crippen LogP contribution in [0.5, 0.6) is 0 Å². The van der Waals surface area contributed by atoms with E-state index in [1.54, 1.807) is 6.07 Å². The molecule has 12 nitrogen and oxygen atoms in total. The number of esters is 2. The predicted molar refractivity (Wildman–Crippen MR) is 178 cm³/mol. The van der Waals surface area contributed by atoms with Gasteiger partial charge in [-0.2, -0.15) is 0 Å². The molecule has 2 aromatic carbocycles. The van der Waals surface area contributed by atoms with Crippen molar-refractivity contribution in [2.75, 3.05) is 31.8 Å². The lowest BCUT2D eigenvalue weighted by Gasteiger charge is -2.27. The Labute approximate surface area is 281 Å². The van der Waals surface area contributed by atoms with E-state index in [1.807, 2.05) is 6.92 Å². The summed E-state index contributed by atoms with van der Waals surface area (Å²) in [4.78, 5) is 23.3. The van der Waals surface area contributed by atoms with Crippen LogP contribution in [0.1, 0.15) is 58.3 Å². The molecule has 0 aromatic heterocycles. The maximum absolute atomic E-state index is 12.6. The van der Waals surface area contributed by atoms with Crippen LogP contribution in [0.3, 0.4) is 0 Å². The Morgan fingerprint density at radius 1 is 0.739 bits per heavy atom. The van der Waals surface area contributed by atoms with E-state index in [1.165, 1.54) is 44.6 Å². The van der Waals surface area contributed by atoms with Gasteiger partial charge < -0.3 is 20.5 Å². The van der Waals surface area contributed by atoms with Gasteiger partial charge in [-0.05, 0) is 94.7 Å². The zero-order chi connectivity index (χ0) is 34.1. The fourth-order valence-electron chi connectivity index (χ4n) is 5.49. The number of hydrogen-bond donors (Lipinski definition) is 4. The lowest BCUT2D eigenvalue weighted by atomic mass is 9.86. The van der Waals surface area contributed by atoms with Gasteiger partial charge in [0.2, 0.25) is 20.0 Å². The third kappa shape index (κ3) is 10.4. The molecule has 0 radical (unpaired) electrons. The monoisotopic (exact) mass is 720 g/mol. The average molecular weight is 722 g/mol. The average Bonchev–Trinajstić information content (AvgIpc) is 3.03. The SMILES string of the molecule is CCNc1cc(S(=O)(=O)NC2CCC(C(=O)OC)CC2)ccc1Cl.COC(=O)C1CCC(NS(=O)(=O)c2ccc(Cl)c(N)c2)CC1. The summed E-state index contributed by atoms with van der Waals surface area (Å²) in [5.41, 5.74) is 6.46. The molecule has 2 aromatic rings. The highest BCUT2D eigenvalue weighted by molar-refractivity contribution is 7.89. The van der Waals surface area contributed by atoms with Gasteiger partial charge in [-0.3, -0.25) is 9.59 Å². The van der Waals surface area contributed by atoms with E-state index >= 15 is 0 Å². The van der Waals surface area contributed by atoms with Gasteiger partial charge in [-0.15, -0.1) is 0 Å². The number of hydrogen-bond acceptors (Lipinski definition) is 10. The number of benzene rings is 2. The van der Waals surface area contributed by atoms with Crippen molar-refractivity contribution in [3.05, 3.63) is 46.4 Å². The number of nitrogen functional groups attached to an aromatic ring is 1. The minimum atomic E-state index is -3.65. The molecule has 5 N–H and O–H groups in total. The van der Waals surface area contributed by atoms with Crippen LogP contribution in [0, 0.1) is 11.8 Å². The Hall–Kier alpha value is -2.62. The van der Waals surface area contributed by atoms with Crippen molar-refractivity contribution in [1.82, 2.24) is 9.44 Å². The molecule has 4 rings (SSSR count). The fourth-order valence-corrected chi connectivity index (χ4v) is 8.46. The summed E-state index contributed by atoms with van der Waals surface area (Å²) in [7, 11) is -4.54. The van der Waals surface area contributed by atoms with Crippen LogP contribution < -0.4 is 20.5 Å². The number of carbonyl (C=O) groups is 2. The number of nitrogens with two attached hydrogens (primary N) is 1. The number of ether oxygens (including phenoxy) is 2. The summed E-state index contributed by atoms with van der Waals surface area (Å²) < 4.78 is 64.6. The van der Waals surface area contributed by atoms with E-state index in [0.717, 1.165) is 0 Å². The normalized spacial score (nSPS) is 21.8. The highest BCUT2D eigenvalue weighted by Gasteiger charge is 2.31. The first-order valence-electron chi connectivity index (χ1n) is 15.0. The highest BCUT2D eigenvalue weighted by atomic mass is 35.5. The maximum atomic E-state index is 12.6. The van der Waals surface area contributed by atoms with Gasteiger partial charge in [0, 0.05) is 18.6 Å². The van der Waals surface area contributed by atoms with E-state index < -0.39 is 20.0 Å². The molecule has 256 valence electrons. The first kappa shape index (κ1) is 37.8. The van der Waals surface area contributed by atoms with Crippen molar-refractivity contribution in [3.63, 3.8) is 0 Å². The quantitative estimate of drug-likeness (QED) is 0.198. The molecule has 0 unspecified atom stereocenters. The van der Waals surface area contributed by atoms with Crippen LogP contribution in [0.15, 0.2) is 46.2 Å². The van der Waals surface area contributed by atoms with Crippen LogP contribution >= 0.6 is 23.2 Å². The van der Waals surface area contributed by atoms with E-state index in [2.05, 4.69) is 14.8 Å². The molecule has 2 aliphatic rings. The Kier molecular flexibility index (Phi) is 14.0. The summed E-state index contributed by atoms with van der Waals surface area (Å²) >= 11 is 11.9. The van der Waals surface area contributed by atoms with Crippen LogP contribution in [-0.4, -0.2) is 61.6 Å². The van der Waals surface area contributed by atoms with Crippen molar-refractivity contribution in [2.24, 2.45) is 11.8 Å². The molecule has 0 heterocycles. The van der Waals surface area contributed by atoms with Gasteiger partial charge in [0.1, 0.15) is 0 Å². The Morgan fingerprint density at radius 2 is 1.15 bits per heavy atom. The molecular formula is C30H42Cl2N4O8S2. The van der Waals surface area contributed by atoms with Crippen LogP contribution in [0.25, 0.3) is 0 Å². The summed E-state index contributed by atoms with van der Waals surface area (Å²) in [5.74, 6) is -0.723. The first-order valence-corrected chi connectivity index (χ1v) is 18.7. The predicted octanol–water partition coefficient (Wildman–Crippen LogP) is 4.71. The number of nitrogens with one attached hydrogen (secondary N) is 3. The van der Waals surface area contributed by atoms with E-state index in [4.69, 9.17) is 38.4 Å². The minimum Gasteiger partial charge on any atom is -0.469 e. The van der Waals surface area contributed by atoms with E-state index in [9.17, 15) is 26.4 Å². The lowest BCUT2D eigenvalue weighted by Crippen LogP contribution is -2.38. The van der Waals surface area contributed by atoms with Crippen molar-refractivity contribution < 1.29 is 35.9 Å². The Balaban J connectivity index is 0.000000251. The van der Waals surface area contributed by atoms with Crippen molar-refractivity contribution in [2.45, 2.75) is 80.2 Å². The number of sulfonamides is 2. The second-order valence-electron chi connectivity index (χ2n) is 11.2. The zero-order valence-electron chi connectivity index (χ0n) is 26.1. The second kappa shape index (κ2) is 17.0. The second-order valence-corrected chi connectivity index (χ2v) is 15.5. The number of anilines is 2. The molecule has 0 atom stereocenters. The summed E-state index contributed by atoms with van der Waals surface area (Å²) in [6.07, 6.45) is 4.92. The topological polar surface area (TPSA) is 183 Å². The smallest absolute Gasteiger partial charge is 0.308 e. The standard InChI is InChI=1S/C16H23ClN2O4S.C14H19ClN2O4S/c1-3-18-15-10-13(8-9-14(15)17)24(21,22)19-12-6-4-11(5-7-12)16(20)23-2;1-21-14(18)9-2-4-10(5-3-9)17-22(19,20)11-6-7-12(15)13(16)8-11/h8-12,18-19H,3-7H2,1-2H3;6-10,17H,2-5,16H2,1H3. The molecular weight excluding hydrogens is 679 g/mol. The Bertz CT molecular complexity index is 1580. The molecule has 2 saturated carbocycles. The Morgan fingerprint density at radius 3 is 1.54 bits per heavy atom. The van der Waals surface area contributed by atoms with Gasteiger partial charge in [0.15, 0.2) is 0 Å². The molecule has 0 amide bonds. The summed E-state index contributed by atoms with van der Waals surface area (Å²) in [6.45, 7) is 2.56. The first-order chi connectivity index (χ1) is 21.7. The van der Waals surface area contributed by atoms with Crippen LogP contribution in [0.2, 0.25) is 10.0 Å². The number of rotatable bonds is 10. The van der Waals surface area contributed by atoms with Crippen LogP contribution in [0.4, 0.5) is 11.4 Å². The molecule has 2 aliphatic carbocycles. The van der Waals surface area contributed by atoms with Gasteiger partial charge in [-0.1, -0.05) is 23.2 Å². The summed E-state index contributed by atoms with van der Waals surface area (Å²) in [6, 6.07) is 8.45. The van der Waals surface area contributed by atoms with Crippen molar-refractivity contribution in [3.8, 4) is 0 Å². The highest BCUT2D eigenvalue weighted by Crippen LogP contribution is 2.30. The van der Waals surface area contributed by atoms with E-state index in [-0.39, 0.29) is 51.3 Å². The van der Waals surface area contributed by atoms with Crippen molar-refractivity contribution >= 4 is 66.6 Å². The third-order valence-corrected chi connectivity index (χ3v) is 11.8. The maximum Gasteiger partial charge on any atom is 0.308 e. The molecule has 0 aliphatic heterocycles. The number of halogens is 2. The largest absolute Gasteiger partial charge is 0.469 e. The molecule has 2 fully saturated rings. The third-order valence-electron chi connectivity index (χ3n) is 8.06. The van der Waals surface area contributed by atoms with Gasteiger partial charge in [-0.25, -0.2) is 26.3 Å². The van der Waals surface area contributed by atoms with E-state index in [0.29, 0.717) is 73.6 Å². The zero-order valence-corrected chi connectivity index (χ0v) is 29.2. The molecule has 46 heavy (non-hydrogen) atoms. The molecule has 16 heteroatoms. The number of methoxy groups -OCH3 is 2. The minimum absolute atomic E-state index is 0.0875. The molecule has 0 spiro atoms. The van der Waals surface area contributed by atoms with Crippen molar-refractivity contribution in [1.29, 1.82) is 0 Å². The number of carbonyl (C=O) groups excluding carboxylic acids is 2.